The van der Waals surface area contributed by atoms with Crippen LogP contribution in [0.4, 0.5) is 0 Å². The summed E-state index contributed by atoms with van der Waals surface area (Å²) in [5.74, 6) is 0.876. The second kappa shape index (κ2) is 6.75. The van der Waals surface area contributed by atoms with Crippen LogP contribution in [0, 0.1) is 5.92 Å². The zero-order valence-corrected chi connectivity index (χ0v) is 11.8. The van der Waals surface area contributed by atoms with Crippen LogP contribution in [0.2, 0.25) is 0 Å². The van der Waals surface area contributed by atoms with E-state index in [1.54, 1.807) is 0 Å². The van der Waals surface area contributed by atoms with E-state index < -0.39 is 0 Å². The van der Waals surface area contributed by atoms with Crippen molar-refractivity contribution in [3.8, 4) is 0 Å². The Hall–Kier alpha value is -0.0800. The molecule has 1 aliphatic heterocycles. The molecule has 1 saturated carbocycles. The predicted octanol–water partition coefficient (Wildman–Crippen LogP) is 3.03. The molecule has 0 aromatic carbocycles. The molecular weight excluding hydrogens is 208 g/mol. The summed E-state index contributed by atoms with van der Waals surface area (Å²) in [6.45, 7) is 8.63. The van der Waals surface area contributed by atoms with Gasteiger partial charge in [-0.2, -0.15) is 0 Å². The Morgan fingerprint density at radius 1 is 1.12 bits per heavy atom. The first kappa shape index (κ1) is 13.4. The topological polar surface area (TPSA) is 15.3 Å². The van der Waals surface area contributed by atoms with Crippen LogP contribution < -0.4 is 5.32 Å². The van der Waals surface area contributed by atoms with E-state index in [1.165, 1.54) is 64.6 Å². The number of nitrogens with zero attached hydrogens (tertiary/aromatic N) is 1. The monoisotopic (exact) mass is 238 g/mol. The molecule has 0 aromatic heterocycles. The molecule has 2 rings (SSSR count). The molecule has 1 atom stereocenters. The van der Waals surface area contributed by atoms with Crippen LogP contribution in [0.1, 0.15) is 58.8 Å². The summed E-state index contributed by atoms with van der Waals surface area (Å²) in [4.78, 5) is 2.68. The molecule has 1 N–H and O–H groups in total. The van der Waals surface area contributed by atoms with Crippen LogP contribution in [0.15, 0.2) is 0 Å². The van der Waals surface area contributed by atoms with Gasteiger partial charge in [-0.25, -0.2) is 0 Å². The summed E-state index contributed by atoms with van der Waals surface area (Å²) in [5, 5.41) is 3.79. The zero-order chi connectivity index (χ0) is 12.1. The Kier molecular flexibility index (Phi) is 5.30. The maximum Gasteiger partial charge on any atom is 0.0198 e. The smallest absolute Gasteiger partial charge is 0.0198 e. The predicted molar refractivity (Wildman–Crippen MR) is 74.3 cm³/mol. The maximum atomic E-state index is 3.79. The molecule has 1 aliphatic carbocycles. The van der Waals surface area contributed by atoms with Gasteiger partial charge in [-0.15, -0.1) is 0 Å². The van der Waals surface area contributed by atoms with Gasteiger partial charge in [0, 0.05) is 18.6 Å². The highest BCUT2D eigenvalue weighted by molar-refractivity contribution is 4.87. The molecule has 2 nitrogen and oxygen atoms in total. The molecule has 0 spiro atoms. The Labute approximate surface area is 107 Å². The molecule has 1 unspecified atom stereocenters. The molecule has 0 aromatic rings. The van der Waals surface area contributed by atoms with Crippen LogP contribution in [-0.4, -0.2) is 36.6 Å². The highest BCUT2D eigenvalue weighted by atomic mass is 15.2. The Morgan fingerprint density at radius 3 is 2.65 bits per heavy atom. The largest absolute Gasteiger partial charge is 0.310 e. The summed E-state index contributed by atoms with van der Waals surface area (Å²) < 4.78 is 0. The van der Waals surface area contributed by atoms with E-state index in [0.29, 0.717) is 0 Å². The van der Waals surface area contributed by atoms with Crippen molar-refractivity contribution in [2.75, 3.05) is 19.6 Å². The van der Waals surface area contributed by atoms with Crippen molar-refractivity contribution in [1.29, 1.82) is 0 Å². The minimum atomic E-state index is 0.793. The van der Waals surface area contributed by atoms with Gasteiger partial charge in [0.1, 0.15) is 0 Å². The molecule has 0 bridgehead atoms. The quantitative estimate of drug-likeness (QED) is 0.686. The Balaban J connectivity index is 1.56. The molecule has 0 radical (unpaired) electrons. The van der Waals surface area contributed by atoms with Crippen molar-refractivity contribution < 1.29 is 0 Å². The first-order chi connectivity index (χ1) is 8.24. The average molecular weight is 238 g/mol. The van der Waals surface area contributed by atoms with Gasteiger partial charge in [0.05, 0.1) is 0 Å². The van der Waals surface area contributed by atoms with E-state index in [2.05, 4.69) is 24.1 Å². The van der Waals surface area contributed by atoms with E-state index in [4.69, 9.17) is 0 Å². The summed E-state index contributed by atoms with van der Waals surface area (Å²) in [5.41, 5.74) is 0. The fourth-order valence-corrected chi connectivity index (χ4v) is 2.87. The third kappa shape index (κ3) is 5.39. The number of hydrogen-bond acceptors (Lipinski definition) is 2. The third-order valence-corrected chi connectivity index (χ3v) is 4.06. The van der Waals surface area contributed by atoms with Gasteiger partial charge in [-0.3, -0.25) is 0 Å². The fourth-order valence-electron chi connectivity index (χ4n) is 2.87. The highest BCUT2D eigenvalue weighted by Crippen LogP contribution is 2.22. The highest BCUT2D eigenvalue weighted by Gasteiger charge is 2.27. The van der Waals surface area contributed by atoms with Gasteiger partial charge in [-0.05, 0) is 51.1 Å². The molecule has 100 valence electrons. The van der Waals surface area contributed by atoms with Crippen LogP contribution in [0.25, 0.3) is 0 Å². The minimum absolute atomic E-state index is 0.793. The van der Waals surface area contributed by atoms with Crippen LogP contribution in [0.5, 0.6) is 0 Å². The van der Waals surface area contributed by atoms with Crippen LogP contribution in [-0.2, 0) is 0 Å². The number of unbranched alkanes of at least 4 members (excludes halogenated alkanes) is 1. The first-order valence-corrected chi connectivity index (χ1v) is 7.72. The second-order valence-electron chi connectivity index (χ2n) is 6.47. The van der Waals surface area contributed by atoms with E-state index in [9.17, 15) is 0 Å². The molecule has 1 saturated heterocycles. The average Bonchev–Trinajstić information content (AvgIpc) is 3.09. The van der Waals surface area contributed by atoms with E-state index in [0.717, 1.165) is 18.0 Å². The molecule has 1 heterocycles. The molecule has 2 aliphatic rings. The molecule has 17 heavy (non-hydrogen) atoms. The van der Waals surface area contributed by atoms with Gasteiger partial charge < -0.3 is 10.2 Å². The number of piperidine rings is 1. The Morgan fingerprint density at radius 2 is 1.94 bits per heavy atom. The van der Waals surface area contributed by atoms with Gasteiger partial charge in [0.25, 0.3) is 0 Å². The van der Waals surface area contributed by atoms with Crippen molar-refractivity contribution in [2.24, 2.45) is 5.92 Å². The fraction of sp³-hybridized carbons (Fsp3) is 1.00. The lowest BCUT2D eigenvalue weighted by Crippen LogP contribution is -2.46. The second-order valence-corrected chi connectivity index (χ2v) is 6.47. The van der Waals surface area contributed by atoms with Gasteiger partial charge in [-0.1, -0.05) is 26.7 Å². The Bertz CT molecular complexity index is 211. The number of likely N-dealkylation sites (tertiary alicyclic amines) is 1. The molecular formula is C15H30N2. The lowest BCUT2D eigenvalue weighted by molar-refractivity contribution is 0.186. The first-order valence-electron chi connectivity index (χ1n) is 7.72. The van der Waals surface area contributed by atoms with Crippen molar-refractivity contribution in [3.05, 3.63) is 0 Å². The van der Waals surface area contributed by atoms with Gasteiger partial charge in [0.2, 0.25) is 0 Å². The van der Waals surface area contributed by atoms with Gasteiger partial charge >= 0.3 is 0 Å². The number of hydrogen-bond donors (Lipinski definition) is 1. The van der Waals surface area contributed by atoms with Crippen molar-refractivity contribution in [3.63, 3.8) is 0 Å². The van der Waals surface area contributed by atoms with Crippen LogP contribution >= 0.6 is 0 Å². The number of nitrogens with one attached hydrogen (secondary N) is 1. The van der Waals surface area contributed by atoms with E-state index in [1.807, 2.05) is 0 Å². The lowest BCUT2D eigenvalue weighted by atomic mass is 10.0. The standard InChI is InChI=1S/C15H30N2/c1-13(2)6-3-4-10-17-11-5-7-15(12-17)16-14-8-9-14/h13-16H,3-12H2,1-2H3. The molecule has 2 fully saturated rings. The summed E-state index contributed by atoms with van der Waals surface area (Å²) in [7, 11) is 0. The van der Waals surface area contributed by atoms with Crippen molar-refractivity contribution in [2.45, 2.75) is 70.9 Å². The van der Waals surface area contributed by atoms with E-state index in [-0.39, 0.29) is 0 Å². The SMILES string of the molecule is CC(C)CCCCN1CCCC(NC2CC2)C1. The minimum Gasteiger partial charge on any atom is -0.310 e. The lowest BCUT2D eigenvalue weighted by Gasteiger charge is -2.33. The maximum absolute atomic E-state index is 3.79. The summed E-state index contributed by atoms with van der Waals surface area (Å²) >= 11 is 0. The van der Waals surface area contributed by atoms with Crippen molar-refractivity contribution in [1.82, 2.24) is 10.2 Å². The molecule has 2 heteroatoms. The van der Waals surface area contributed by atoms with Crippen LogP contribution in [0.3, 0.4) is 0 Å². The summed E-state index contributed by atoms with van der Waals surface area (Å²) in [6, 6.07) is 1.67. The third-order valence-electron chi connectivity index (χ3n) is 4.06. The van der Waals surface area contributed by atoms with Crippen molar-refractivity contribution >= 4 is 0 Å². The zero-order valence-electron chi connectivity index (χ0n) is 11.8. The normalized spacial score (nSPS) is 26.6. The molecule has 0 amide bonds. The van der Waals surface area contributed by atoms with Gasteiger partial charge in [0.15, 0.2) is 0 Å². The summed E-state index contributed by atoms with van der Waals surface area (Å²) in [6.07, 6.45) is 9.85. The van der Waals surface area contributed by atoms with E-state index >= 15 is 0 Å². The number of rotatable bonds is 7.